The van der Waals surface area contributed by atoms with E-state index in [9.17, 15) is 4.79 Å². The standard InChI is InChI=1S/C16H23NO3/c1-19-14-6-3-7-15(11-14)20-16(18)13-5-2-4-12(10-13)8-9-17/h2,4-5,10,14-15H,3,6-9,11,17H2,1H3. The highest BCUT2D eigenvalue weighted by molar-refractivity contribution is 5.89. The van der Waals surface area contributed by atoms with Crippen molar-refractivity contribution >= 4 is 5.97 Å². The van der Waals surface area contributed by atoms with E-state index in [1.165, 1.54) is 0 Å². The summed E-state index contributed by atoms with van der Waals surface area (Å²) >= 11 is 0. The minimum atomic E-state index is -0.245. The van der Waals surface area contributed by atoms with Gasteiger partial charge in [0.05, 0.1) is 11.7 Å². The van der Waals surface area contributed by atoms with E-state index in [4.69, 9.17) is 15.2 Å². The first-order chi connectivity index (χ1) is 9.72. The lowest BCUT2D eigenvalue weighted by Gasteiger charge is -2.27. The fraction of sp³-hybridized carbons (Fsp3) is 0.562. The lowest BCUT2D eigenvalue weighted by atomic mass is 9.95. The maximum atomic E-state index is 12.2. The zero-order valence-corrected chi connectivity index (χ0v) is 12.0. The molecule has 110 valence electrons. The normalized spacial score (nSPS) is 22.5. The van der Waals surface area contributed by atoms with Crippen LogP contribution in [0.2, 0.25) is 0 Å². The van der Waals surface area contributed by atoms with Crippen LogP contribution < -0.4 is 5.73 Å². The number of ether oxygens (including phenoxy) is 2. The summed E-state index contributed by atoms with van der Waals surface area (Å²) in [5.74, 6) is -0.245. The van der Waals surface area contributed by atoms with Crippen LogP contribution >= 0.6 is 0 Å². The largest absolute Gasteiger partial charge is 0.459 e. The van der Waals surface area contributed by atoms with E-state index < -0.39 is 0 Å². The number of carbonyl (C=O) groups is 1. The molecule has 0 heterocycles. The van der Waals surface area contributed by atoms with Crippen molar-refractivity contribution in [2.24, 2.45) is 5.73 Å². The molecule has 0 aromatic heterocycles. The summed E-state index contributed by atoms with van der Waals surface area (Å²) < 4.78 is 10.9. The Labute approximate surface area is 120 Å². The molecule has 0 spiro atoms. The average Bonchev–Trinajstić information content (AvgIpc) is 2.48. The summed E-state index contributed by atoms with van der Waals surface area (Å²) in [6.45, 7) is 0.580. The zero-order valence-electron chi connectivity index (χ0n) is 12.0. The SMILES string of the molecule is COC1CCCC(OC(=O)c2cccc(CCN)c2)C1. The number of hydrogen-bond acceptors (Lipinski definition) is 4. The summed E-state index contributed by atoms with van der Waals surface area (Å²) in [4.78, 5) is 12.2. The van der Waals surface area contributed by atoms with Crippen LogP contribution in [0.3, 0.4) is 0 Å². The molecule has 0 saturated heterocycles. The molecule has 0 radical (unpaired) electrons. The smallest absolute Gasteiger partial charge is 0.338 e. The highest BCUT2D eigenvalue weighted by Crippen LogP contribution is 2.24. The van der Waals surface area contributed by atoms with E-state index in [0.29, 0.717) is 12.1 Å². The van der Waals surface area contributed by atoms with Crippen molar-refractivity contribution in [2.75, 3.05) is 13.7 Å². The predicted octanol–water partition coefficient (Wildman–Crippen LogP) is 2.30. The number of nitrogens with two attached hydrogens (primary N) is 1. The minimum Gasteiger partial charge on any atom is -0.459 e. The molecule has 4 nitrogen and oxygen atoms in total. The summed E-state index contributed by atoms with van der Waals surface area (Å²) in [6.07, 6.45) is 4.78. The van der Waals surface area contributed by atoms with Crippen LogP contribution in [0, 0.1) is 0 Å². The van der Waals surface area contributed by atoms with Crippen molar-refractivity contribution in [1.82, 2.24) is 0 Å². The van der Waals surface area contributed by atoms with Crippen molar-refractivity contribution in [3.05, 3.63) is 35.4 Å². The van der Waals surface area contributed by atoms with Crippen LogP contribution in [0.4, 0.5) is 0 Å². The zero-order chi connectivity index (χ0) is 14.4. The van der Waals surface area contributed by atoms with Gasteiger partial charge in [0.25, 0.3) is 0 Å². The van der Waals surface area contributed by atoms with Gasteiger partial charge >= 0.3 is 5.97 Å². The Balaban J connectivity index is 1.95. The van der Waals surface area contributed by atoms with Crippen molar-refractivity contribution in [3.63, 3.8) is 0 Å². The third kappa shape index (κ3) is 4.05. The fourth-order valence-electron chi connectivity index (χ4n) is 2.66. The topological polar surface area (TPSA) is 61.5 Å². The molecule has 1 aliphatic rings. The second-order valence-electron chi connectivity index (χ2n) is 5.29. The van der Waals surface area contributed by atoms with E-state index in [0.717, 1.165) is 37.7 Å². The summed E-state index contributed by atoms with van der Waals surface area (Å²) in [6, 6.07) is 7.51. The fourth-order valence-corrected chi connectivity index (χ4v) is 2.66. The van der Waals surface area contributed by atoms with Gasteiger partial charge in [-0.3, -0.25) is 0 Å². The van der Waals surface area contributed by atoms with Gasteiger partial charge in [0.1, 0.15) is 6.10 Å². The molecule has 1 aliphatic carbocycles. The average molecular weight is 277 g/mol. The van der Waals surface area contributed by atoms with Gasteiger partial charge in [0.15, 0.2) is 0 Å². The van der Waals surface area contributed by atoms with E-state index in [2.05, 4.69) is 0 Å². The molecule has 2 rings (SSSR count). The van der Waals surface area contributed by atoms with Crippen LogP contribution in [0.1, 0.15) is 41.6 Å². The van der Waals surface area contributed by atoms with Crippen LogP contribution in [0.15, 0.2) is 24.3 Å². The maximum absolute atomic E-state index is 12.2. The molecular weight excluding hydrogens is 254 g/mol. The third-order valence-electron chi connectivity index (χ3n) is 3.78. The van der Waals surface area contributed by atoms with Crippen LogP contribution in [-0.4, -0.2) is 31.8 Å². The van der Waals surface area contributed by atoms with Gasteiger partial charge in [0, 0.05) is 13.5 Å². The predicted molar refractivity (Wildman–Crippen MR) is 77.7 cm³/mol. The molecule has 4 heteroatoms. The molecule has 2 unspecified atom stereocenters. The van der Waals surface area contributed by atoms with E-state index >= 15 is 0 Å². The third-order valence-corrected chi connectivity index (χ3v) is 3.78. The monoisotopic (exact) mass is 277 g/mol. The Kier molecular flexibility index (Phi) is 5.56. The highest BCUT2D eigenvalue weighted by Gasteiger charge is 2.25. The van der Waals surface area contributed by atoms with Gasteiger partial charge in [0.2, 0.25) is 0 Å². The Bertz CT molecular complexity index is 447. The Morgan fingerprint density at radius 2 is 2.15 bits per heavy atom. The van der Waals surface area contributed by atoms with Crippen LogP contribution in [-0.2, 0) is 15.9 Å². The van der Waals surface area contributed by atoms with E-state index in [1.807, 2.05) is 18.2 Å². The number of carbonyl (C=O) groups excluding carboxylic acids is 1. The molecule has 20 heavy (non-hydrogen) atoms. The molecule has 0 aliphatic heterocycles. The number of benzene rings is 1. The highest BCUT2D eigenvalue weighted by atomic mass is 16.5. The first-order valence-electron chi connectivity index (χ1n) is 7.25. The number of hydrogen-bond donors (Lipinski definition) is 1. The quantitative estimate of drug-likeness (QED) is 0.839. The minimum absolute atomic E-state index is 0.0284. The van der Waals surface area contributed by atoms with Crippen molar-refractivity contribution in [2.45, 2.75) is 44.3 Å². The Morgan fingerprint density at radius 3 is 2.90 bits per heavy atom. The number of methoxy groups -OCH3 is 1. The molecule has 2 atom stereocenters. The van der Waals surface area contributed by atoms with Gasteiger partial charge in [-0.1, -0.05) is 12.1 Å². The molecular formula is C16H23NO3. The number of rotatable bonds is 5. The Hall–Kier alpha value is -1.39. The van der Waals surface area contributed by atoms with Crippen molar-refractivity contribution in [3.8, 4) is 0 Å². The van der Waals surface area contributed by atoms with Gasteiger partial charge in [-0.05, 0) is 49.9 Å². The van der Waals surface area contributed by atoms with Gasteiger partial charge in [-0.2, -0.15) is 0 Å². The first-order valence-corrected chi connectivity index (χ1v) is 7.25. The van der Waals surface area contributed by atoms with Crippen molar-refractivity contribution < 1.29 is 14.3 Å². The Morgan fingerprint density at radius 1 is 1.35 bits per heavy atom. The summed E-state index contributed by atoms with van der Waals surface area (Å²) in [7, 11) is 1.71. The summed E-state index contributed by atoms with van der Waals surface area (Å²) in [5, 5.41) is 0. The van der Waals surface area contributed by atoms with Gasteiger partial charge in [-0.25, -0.2) is 4.79 Å². The second kappa shape index (κ2) is 7.41. The summed E-state index contributed by atoms with van der Waals surface area (Å²) in [5.41, 5.74) is 7.21. The van der Waals surface area contributed by atoms with Crippen LogP contribution in [0.5, 0.6) is 0 Å². The molecule has 0 amide bonds. The molecule has 1 aromatic rings. The van der Waals surface area contributed by atoms with Crippen molar-refractivity contribution in [1.29, 1.82) is 0 Å². The first kappa shape index (κ1) is 15.0. The van der Waals surface area contributed by atoms with Crippen LogP contribution in [0.25, 0.3) is 0 Å². The lowest BCUT2D eigenvalue weighted by Crippen LogP contribution is -2.29. The molecule has 1 fully saturated rings. The lowest BCUT2D eigenvalue weighted by molar-refractivity contribution is -0.0149. The second-order valence-corrected chi connectivity index (χ2v) is 5.29. The molecule has 1 saturated carbocycles. The van der Waals surface area contributed by atoms with E-state index in [1.54, 1.807) is 13.2 Å². The number of esters is 1. The maximum Gasteiger partial charge on any atom is 0.338 e. The molecule has 1 aromatic carbocycles. The van der Waals surface area contributed by atoms with Gasteiger partial charge < -0.3 is 15.2 Å². The van der Waals surface area contributed by atoms with E-state index in [-0.39, 0.29) is 18.2 Å². The molecule has 2 N–H and O–H groups in total. The van der Waals surface area contributed by atoms with Gasteiger partial charge in [-0.15, -0.1) is 0 Å². The molecule has 0 bridgehead atoms.